The van der Waals surface area contributed by atoms with Gasteiger partial charge < -0.3 is 5.11 Å². The van der Waals surface area contributed by atoms with E-state index < -0.39 is 6.10 Å². The van der Waals surface area contributed by atoms with Crippen molar-refractivity contribution in [2.24, 2.45) is 0 Å². The SMILES string of the molecule is CC(c1ccc(-n2cncn2)cc1)N(C)CC(O)c1ccccc1F. The van der Waals surface area contributed by atoms with Crippen LogP contribution in [0.15, 0.2) is 61.2 Å². The predicted octanol–water partition coefficient (Wildman–Crippen LogP) is 3.13. The van der Waals surface area contributed by atoms with Gasteiger partial charge in [0, 0.05) is 18.2 Å². The highest BCUT2D eigenvalue weighted by Gasteiger charge is 2.18. The van der Waals surface area contributed by atoms with E-state index in [-0.39, 0.29) is 11.9 Å². The fraction of sp³-hybridized carbons (Fsp3) is 0.263. The first-order valence-corrected chi connectivity index (χ1v) is 8.14. The Morgan fingerprint density at radius 3 is 2.52 bits per heavy atom. The average Bonchev–Trinajstić information content (AvgIpc) is 3.16. The topological polar surface area (TPSA) is 54.2 Å². The first-order chi connectivity index (χ1) is 12.1. The van der Waals surface area contributed by atoms with Gasteiger partial charge in [0.2, 0.25) is 0 Å². The molecule has 0 radical (unpaired) electrons. The molecule has 0 aliphatic heterocycles. The molecular formula is C19H21FN4O. The number of aliphatic hydroxyl groups excluding tert-OH is 1. The fourth-order valence-corrected chi connectivity index (χ4v) is 2.78. The molecule has 2 atom stereocenters. The first kappa shape index (κ1) is 17.3. The predicted molar refractivity (Wildman–Crippen MR) is 93.8 cm³/mol. The summed E-state index contributed by atoms with van der Waals surface area (Å²) >= 11 is 0. The molecule has 0 saturated carbocycles. The van der Waals surface area contributed by atoms with Gasteiger partial charge in [0.1, 0.15) is 18.5 Å². The zero-order chi connectivity index (χ0) is 17.8. The third-order valence-corrected chi connectivity index (χ3v) is 4.45. The minimum atomic E-state index is -0.872. The van der Waals surface area contributed by atoms with Crippen molar-refractivity contribution in [2.45, 2.75) is 19.1 Å². The number of aromatic nitrogens is 3. The number of nitrogens with zero attached hydrogens (tertiary/aromatic N) is 4. The molecule has 0 spiro atoms. The van der Waals surface area contributed by atoms with E-state index in [4.69, 9.17) is 0 Å². The zero-order valence-corrected chi connectivity index (χ0v) is 14.2. The number of hydrogen-bond donors (Lipinski definition) is 1. The van der Waals surface area contributed by atoms with E-state index in [1.807, 2.05) is 36.2 Å². The van der Waals surface area contributed by atoms with Gasteiger partial charge in [-0.1, -0.05) is 30.3 Å². The number of aliphatic hydroxyl groups is 1. The van der Waals surface area contributed by atoms with E-state index in [2.05, 4.69) is 17.0 Å². The van der Waals surface area contributed by atoms with Gasteiger partial charge in [-0.25, -0.2) is 14.1 Å². The molecule has 0 bridgehead atoms. The van der Waals surface area contributed by atoms with E-state index in [9.17, 15) is 9.50 Å². The van der Waals surface area contributed by atoms with Crippen molar-refractivity contribution in [2.75, 3.05) is 13.6 Å². The van der Waals surface area contributed by atoms with Gasteiger partial charge in [-0.2, -0.15) is 5.10 Å². The van der Waals surface area contributed by atoms with Crippen LogP contribution in [0.25, 0.3) is 5.69 Å². The van der Waals surface area contributed by atoms with Gasteiger partial charge >= 0.3 is 0 Å². The van der Waals surface area contributed by atoms with Crippen molar-refractivity contribution in [3.05, 3.63) is 78.1 Å². The Hall–Kier alpha value is -2.57. The maximum Gasteiger partial charge on any atom is 0.138 e. The summed E-state index contributed by atoms with van der Waals surface area (Å²) in [5, 5.41) is 14.4. The molecule has 2 unspecified atom stereocenters. The second-order valence-electron chi connectivity index (χ2n) is 6.08. The molecule has 0 fully saturated rings. The van der Waals surface area contributed by atoms with E-state index in [0.717, 1.165) is 11.3 Å². The Kier molecular flexibility index (Phi) is 5.21. The van der Waals surface area contributed by atoms with E-state index in [1.165, 1.54) is 12.4 Å². The van der Waals surface area contributed by atoms with Gasteiger partial charge in [0.25, 0.3) is 0 Å². The summed E-state index contributed by atoms with van der Waals surface area (Å²) in [6, 6.07) is 14.4. The van der Waals surface area contributed by atoms with Crippen molar-refractivity contribution in [1.29, 1.82) is 0 Å². The Bertz CT molecular complexity index is 805. The molecule has 3 aromatic rings. The standard InChI is InChI=1S/C19H21FN4O/c1-14(15-7-9-16(10-8-15)24-13-21-12-22-24)23(2)11-19(25)17-5-3-4-6-18(17)20/h3-10,12-14,19,25H,11H2,1-2H3. The minimum absolute atomic E-state index is 0.0752. The van der Waals surface area contributed by atoms with E-state index in [1.54, 1.807) is 29.2 Å². The fourth-order valence-electron chi connectivity index (χ4n) is 2.78. The Morgan fingerprint density at radius 2 is 1.88 bits per heavy atom. The third-order valence-electron chi connectivity index (χ3n) is 4.45. The van der Waals surface area contributed by atoms with Crippen LogP contribution in [0.2, 0.25) is 0 Å². The summed E-state index contributed by atoms with van der Waals surface area (Å²) in [5.74, 6) is -0.381. The van der Waals surface area contributed by atoms with Gasteiger partial charge in [0.15, 0.2) is 0 Å². The lowest BCUT2D eigenvalue weighted by Gasteiger charge is -2.27. The van der Waals surface area contributed by atoms with Gasteiger partial charge in [-0.3, -0.25) is 4.90 Å². The number of benzene rings is 2. The molecule has 0 aliphatic carbocycles. The zero-order valence-electron chi connectivity index (χ0n) is 14.2. The second-order valence-corrected chi connectivity index (χ2v) is 6.08. The van der Waals surface area contributed by atoms with Crippen molar-refractivity contribution in [3.8, 4) is 5.69 Å². The number of likely N-dealkylation sites (N-methyl/N-ethyl adjacent to an activating group) is 1. The minimum Gasteiger partial charge on any atom is -0.387 e. The van der Waals surface area contributed by atoms with Crippen LogP contribution in [0.1, 0.15) is 30.2 Å². The molecule has 0 aliphatic rings. The lowest BCUT2D eigenvalue weighted by atomic mass is 10.0. The van der Waals surface area contributed by atoms with Crippen molar-refractivity contribution < 1.29 is 9.50 Å². The van der Waals surface area contributed by atoms with Crippen molar-refractivity contribution in [1.82, 2.24) is 19.7 Å². The summed E-state index contributed by atoms with van der Waals surface area (Å²) in [6.45, 7) is 2.39. The summed E-state index contributed by atoms with van der Waals surface area (Å²) in [6.07, 6.45) is 2.27. The van der Waals surface area contributed by atoms with Gasteiger partial charge in [-0.05, 0) is 37.7 Å². The summed E-state index contributed by atoms with van der Waals surface area (Å²) < 4.78 is 15.5. The molecular weight excluding hydrogens is 319 g/mol. The molecule has 0 saturated heterocycles. The maximum atomic E-state index is 13.8. The van der Waals surface area contributed by atoms with Crippen LogP contribution in [0, 0.1) is 5.82 Å². The largest absolute Gasteiger partial charge is 0.387 e. The summed E-state index contributed by atoms with van der Waals surface area (Å²) in [4.78, 5) is 5.94. The van der Waals surface area contributed by atoms with Crippen LogP contribution in [0.4, 0.5) is 4.39 Å². The average molecular weight is 340 g/mol. The Labute approximate surface area is 146 Å². The van der Waals surface area contributed by atoms with Crippen LogP contribution in [0.3, 0.4) is 0 Å². The van der Waals surface area contributed by atoms with Gasteiger partial charge in [-0.15, -0.1) is 0 Å². The molecule has 5 nitrogen and oxygen atoms in total. The van der Waals surface area contributed by atoms with E-state index >= 15 is 0 Å². The number of hydrogen-bond acceptors (Lipinski definition) is 4. The highest BCUT2D eigenvalue weighted by Crippen LogP contribution is 2.24. The monoisotopic (exact) mass is 340 g/mol. The second kappa shape index (κ2) is 7.55. The smallest absolute Gasteiger partial charge is 0.138 e. The highest BCUT2D eigenvalue weighted by molar-refractivity contribution is 5.34. The molecule has 6 heteroatoms. The lowest BCUT2D eigenvalue weighted by Crippen LogP contribution is -2.28. The Morgan fingerprint density at radius 1 is 1.16 bits per heavy atom. The van der Waals surface area contributed by atoms with E-state index in [0.29, 0.717) is 12.1 Å². The van der Waals surface area contributed by atoms with Crippen LogP contribution in [-0.4, -0.2) is 38.4 Å². The summed E-state index contributed by atoms with van der Waals surface area (Å²) in [5.41, 5.74) is 2.36. The number of rotatable bonds is 6. The van der Waals surface area contributed by atoms with Gasteiger partial charge in [0.05, 0.1) is 11.8 Å². The van der Waals surface area contributed by atoms with Crippen LogP contribution in [-0.2, 0) is 0 Å². The molecule has 3 rings (SSSR count). The first-order valence-electron chi connectivity index (χ1n) is 8.14. The van der Waals surface area contributed by atoms with Crippen molar-refractivity contribution in [3.63, 3.8) is 0 Å². The normalized spacial score (nSPS) is 13.8. The Balaban J connectivity index is 1.68. The van der Waals surface area contributed by atoms with Crippen LogP contribution < -0.4 is 0 Å². The van der Waals surface area contributed by atoms with Crippen molar-refractivity contribution >= 4 is 0 Å². The molecule has 0 amide bonds. The molecule has 1 heterocycles. The summed E-state index contributed by atoms with van der Waals surface area (Å²) in [7, 11) is 1.92. The molecule has 25 heavy (non-hydrogen) atoms. The molecule has 1 N–H and O–H groups in total. The maximum absolute atomic E-state index is 13.8. The van der Waals surface area contributed by atoms with Crippen LogP contribution in [0.5, 0.6) is 0 Å². The van der Waals surface area contributed by atoms with Crippen LogP contribution >= 0.6 is 0 Å². The highest BCUT2D eigenvalue weighted by atomic mass is 19.1. The third kappa shape index (κ3) is 3.92. The lowest BCUT2D eigenvalue weighted by molar-refractivity contribution is 0.105. The quantitative estimate of drug-likeness (QED) is 0.749. The number of halogens is 1. The molecule has 130 valence electrons. The molecule has 1 aromatic heterocycles. The molecule has 2 aromatic carbocycles.